The molecule has 2 aromatic rings. The van der Waals surface area contributed by atoms with Crippen molar-refractivity contribution in [1.82, 2.24) is 9.97 Å². The van der Waals surface area contributed by atoms with E-state index >= 15 is 0 Å². The minimum atomic E-state index is 0.568. The summed E-state index contributed by atoms with van der Waals surface area (Å²) in [6, 6.07) is 9.95. The van der Waals surface area contributed by atoms with Gasteiger partial charge in [-0.2, -0.15) is 0 Å². The number of imidazole rings is 1. The van der Waals surface area contributed by atoms with Crippen LogP contribution in [0.25, 0.3) is 11.3 Å². The van der Waals surface area contributed by atoms with Gasteiger partial charge in [0.15, 0.2) is 0 Å². The number of aromatic nitrogens is 2. The number of hydrogen-bond donors (Lipinski definition) is 3. The highest BCUT2D eigenvalue weighted by Crippen LogP contribution is 2.16. The molecule has 4 heteroatoms. The molecule has 4 nitrogen and oxygen atoms in total. The largest absolute Gasteiger partial charge is 0.323 e. The molecular formula is C9H10N4. The summed E-state index contributed by atoms with van der Waals surface area (Å²) in [6.07, 6.45) is 1.74. The quantitative estimate of drug-likeness (QED) is 0.475. The van der Waals surface area contributed by atoms with E-state index in [0.717, 1.165) is 11.3 Å². The van der Waals surface area contributed by atoms with Gasteiger partial charge in [0.1, 0.15) is 0 Å². The van der Waals surface area contributed by atoms with Crippen LogP contribution in [0.3, 0.4) is 0 Å². The zero-order chi connectivity index (χ0) is 9.10. The maximum Gasteiger partial charge on any atom is 0.215 e. The number of rotatable bonds is 2. The van der Waals surface area contributed by atoms with Crippen LogP contribution in [0.2, 0.25) is 0 Å². The topological polar surface area (TPSA) is 66.7 Å². The Labute approximate surface area is 75.8 Å². The normalized spacial score (nSPS) is 9.92. The van der Waals surface area contributed by atoms with Crippen LogP contribution < -0.4 is 11.3 Å². The van der Waals surface area contributed by atoms with Crippen molar-refractivity contribution in [2.45, 2.75) is 0 Å². The second-order valence-electron chi connectivity index (χ2n) is 2.66. The Balaban J connectivity index is 2.36. The van der Waals surface area contributed by atoms with Crippen molar-refractivity contribution < 1.29 is 0 Å². The van der Waals surface area contributed by atoms with E-state index < -0.39 is 0 Å². The van der Waals surface area contributed by atoms with Crippen LogP contribution >= 0.6 is 0 Å². The van der Waals surface area contributed by atoms with E-state index in [2.05, 4.69) is 15.4 Å². The third kappa shape index (κ3) is 1.52. The minimum Gasteiger partial charge on any atom is -0.323 e. The fraction of sp³-hybridized carbons (Fsp3) is 0. The number of nitrogen functional groups attached to an aromatic ring is 1. The summed E-state index contributed by atoms with van der Waals surface area (Å²) in [5.41, 5.74) is 4.50. The number of nitrogens with one attached hydrogen (secondary N) is 2. The molecule has 0 bridgehead atoms. The molecule has 0 amide bonds. The average Bonchev–Trinajstić information content (AvgIpc) is 2.67. The Morgan fingerprint density at radius 2 is 2.00 bits per heavy atom. The number of nitrogens with zero attached hydrogens (tertiary/aromatic N) is 1. The van der Waals surface area contributed by atoms with Gasteiger partial charge in [-0.25, -0.2) is 10.8 Å². The Morgan fingerprint density at radius 1 is 1.23 bits per heavy atom. The Morgan fingerprint density at radius 3 is 2.62 bits per heavy atom. The monoisotopic (exact) mass is 174 g/mol. The molecule has 0 saturated heterocycles. The van der Waals surface area contributed by atoms with E-state index in [-0.39, 0.29) is 0 Å². The third-order valence-electron chi connectivity index (χ3n) is 1.80. The maximum atomic E-state index is 5.20. The minimum absolute atomic E-state index is 0.568. The van der Waals surface area contributed by atoms with Crippen molar-refractivity contribution in [3.05, 3.63) is 36.5 Å². The van der Waals surface area contributed by atoms with Gasteiger partial charge < -0.3 is 4.98 Å². The van der Waals surface area contributed by atoms with E-state index in [1.807, 2.05) is 30.3 Å². The number of benzene rings is 1. The molecule has 13 heavy (non-hydrogen) atoms. The predicted octanol–water partition coefficient (Wildman–Crippen LogP) is 1.36. The Bertz CT molecular complexity index is 380. The first-order valence-electron chi connectivity index (χ1n) is 3.97. The first-order chi connectivity index (χ1) is 6.40. The molecule has 4 N–H and O–H groups in total. The van der Waals surface area contributed by atoms with Crippen LogP contribution in [-0.2, 0) is 0 Å². The zero-order valence-electron chi connectivity index (χ0n) is 6.99. The van der Waals surface area contributed by atoms with Crippen LogP contribution in [0.4, 0.5) is 5.95 Å². The lowest BCUT2D eigenvalue weighted by Gasteiger charge is -1.95. The molecule has 0 aliphatic heterocycles. The van der Waals surface area contributed by atoms with Crippen molar-refractivity contribution in [1.29, 1.82) is 0 Å². The van der Waals surface area contributed by atoms with Gasteiger partial charge in [-0.15, -0.1) is 0 Å². The summed E-state index contributed by atoms with van der Waals surface area (Å²) in [4.78, 5) is 7.05. The number of aromatic amines is 1. The second kappa shape index (κ2) is 3.28. The van der Waals surface area contributed by atoms with Crippen LogP contribution in [-0.4, -0.2) is 9.97 Å². The van der Waals surface area contributed by atoms with Gasteiger partial charge in [0, 0.05) is 0 Å². The van der Waals surface area contributed by atoms with Crippen molar-refractivity contribution in [2.24, 2.45) is 5.84 Å². The fourth-order valence-electron chi connectivity index (χ4n) is 1.16. The van der Waals surface area contributed by atoms with Crippen LogP contribution in [0.15, 0.2) is 36.5 Å². The van der Waals surface area contributed by atoms with Gasteiger partial charge >= 0.3 is 0 Å². The number of hydrazine groups is 1. The third-order valence-corrected chi connectivity index (χ3v) is 1.80. The fourth-order valence-corrected chi connectivity index (χ4v) is 1.16. The van der Waals surface area contributed by atoms with E-state index in [0.29, 0.717) is 5.95 Å². The summed E-state index contributed by atoms with van der Waals surface area (Å²) >= 11 is 0. The lowest BCUT2D eigenvalue weighted by Crippen LogP contribution is -2.07. The highest BCUT2D eigenvalue weighted by Gasteiger charge is 1.99. The SMILES string of the molecule is NNc1ncc(-c2ccccc2)[nH]1. The first-order valence-corrected chi connectivity index (χ1v) is 3.97. The lowest BCUT2D eigenvalue weighted by atomic mass is 10.2. The van der Waals surface area contributed by atoms with Gasteiger partial charge in [0.05, 0.1) is 11.9 Å². The molecule has 0 spiro atoms. The molecule has 0 aliphatic rings. The smallest absolute Gasteiger partial charge is 0.215 e. The van der Waals surface area contributed by atoms with E-state index in [1.54, 1.807) is 6.20 Å². The molecular weight excluding hydrogens is 164 g/mol. The van der Waals surface area contributed by atoms with Gasteiger partial charge in [-0.05, 0) is 5.56 Å². The number of nitrogens with two attached hydrogens (primary N) is 1. The van der Waals surface area contributed by atoms with Crippen LogP contribution in [0.1, 0.15) is 0 Å². The zero-order valence-corrected chi connectivity index (χ0v) is 6.99. The van der Waals surface area contributed by atoms with Crippen LogP contribution in [0, 0.1) is 0 Å². The number of hydrogen-bond acceptors (Lipinski definition) is 3. The Kier molecular flexibility index (Phi) is 1.97. The second-order valence-corrected chi connectivity index (χ2v) is 2.66. The molecule has 66 valence electrons. The number of anilines is 1. The molecule has 1 heterocycles. The van der Waals surface area contributed by atoms with Gasteiger partial charge in [-0.1, -0.05) is 30.3 Å². The average molecular weight is 174 g/mol. The molecule has 2 rings (SSSR count). The van der Waals surface area contributed by atoms with Crippen molar-refractivity contribution in [2.75, 3.05) is 5.43 Å². The van der Waals surface area contributed by atoms with E-state index in [4.69, 9.17) is 5.84 Å². The van der Waals surface area contributed by atoms with Gasteiger partial charge in [0.2, 0.25) is 5.95 Å². The number of H-pyrrole nitrogens is 1. The molecule has 0 unspecified atom stereocenters. The summed E-state index contributed by atoms with van der Waals surface area (Å²) in [5.74, 6) is 5.77. The van der Waals surface area contributed by atoms with Crippen molar-refractivity contribution >= 4 is 5.95 Å². The van der Waals surface area contributed by atoms with Crippen molar-refractivity contribution in [3.8, 4) is 11.3 Å². The summed E-state index contributed by atoms with van der Waals surface area (Å²) in [5, 5.41) is 0. The highest BCUT2D eigenvalue weighted by molar-refractivity contribution is 5.59. The highest BCUT2D eigenvalue weighted by atomic mass is 15.3. The summed E-state index contributed by atoms with van der Waals surface area (Å²) < 4.78 is 0. The van der Waals surface area contributed by atoms with Crippen molar-refractivity contribution in [3.63, 3.8) is 0 Å². The predicted molar refractivity (Wildman–Crippen MR) is 51.8 cm³/mol. The van der Waals surface area contributed by atoms with Gasteiger partial charge in [-0.3, -0.25) is 5.43 Å². The first kappa shape index (κ1) is 7.82. The molecule has 0 aliphatic carbocycles. The van der Waals surface area contributed by atoms with E-state index in [9.17, 15) is 0 Å². The van der Waals surface area contributed by atoms with Crippen LogP contribution in [0.5, 0.6) is 0 Å². The molecule has 0 atom stereocenters. The Hall–Kier alpha value is -1.81. The van der Waals surface area contributed by atoms with E-state index in [1.165, 1.54) is 0 Å². The maximum absolute atomic E-state index is 5.20. The molecule has 1 aromatic carbocycles. The molecule has 1 aromatic heterocycles. The summed E-state index contributed by atoms with van der Waals surface area (Å²) in [6.45, 7) is 0. The lowest BCUT2D eigenvalue weighted by molar-refractivity contribution is 1.20. The molecule has 0 saturated carbocycles. The molecule has 0 fully saturated rings. The standard InChI is InChI=1S/C9H10N4/c10-13-9-11-6-8(12-9)7-4-2-1-3-5-7/h1-6H,10H2,(H2,11,12,13). The summed E-state index contributed by atoms with van der Waals surface area (Å²) in [7, 11) is 0. The van der Waals surface area contributed by atoms with Gasteiger partial charge in [0.25, 0.3) is 0 Å². The molecule has 0 radical (unpaired) electrons.